The molecule has 2 aliphatic heterocycles. The Morgan fingerprint density at radius 1 is 1.16 bits per heavy atom. The van der Waals surface area contributed by atoms with E-state index in [-0.39, 0.29) is 18.4 Å². The number of fused-ring (bicyclic) bond motifs is 1. The molecule has 1 saturated heterocycles. The Balaban J connectivity index is 1.76. The van der Waals surface area contributed by atoms with Crippen molar-refractivity contribution < 1.29 is 75.3 Å². The molecule has 0 spiro atoms. The Morgan fingerprint density at radius 2 is 1.73 bits per heavy atom. The van der Waals surface area contributed by atoms with Crippen LogP contribution in [-0.2, 0) is 46.6 Å². The van der Waals surface area contributed by atoms with Crippen molar-refractivity contribution in [1.82, 2.24) is 4.98 Å². The number of imidazole rings is 1. The molecule has 3 rings (SSSR count). The molecule has 0 aliphatic carbocycles. The number of carbonyl (C=O) groups is 2. The fourth-order valence-corrected chi connectivity index (χ4v) is 4.86. The number of phosphoric acid groups is 1. The van der Waals surface area contributed by atoms with E-state index in [1.54, 1.807) is 34.6 Å². The maximum Gasteiger partial charge on any atom is 0.510 e. The summed E-state index contributed by atoms with van der Waals surface area (Å²) in [6.45, 7) is 5.77. The van der Waals surface area contributed by atoms with Crippen LogP contribution >= 0.6 is 7.82 Å². The summed E-state index contributed by atoms with van der Waals surface area (Å²) in [5, 5.41) is 24.7. The number of phosphoric ester groups is 1. The van der Waals surface area contributed by atoms with Crippen LogP contribution in [0.2, 0.25) is 0 Å². The van der Waals surface area contributed by atoms with Crippen LogP contribution in [0.3, 0.4) is 0 Å². The van der Waals surface area contributed by atoms with Crippen LogP contribution in [0.25, 0.3) is 0 Å². The summed E-state index contributed by atoms with van der Waals surface area (Å²) in [7, 11) is -4.94. The summed E-state index contributed by atoms with van der Waals surface area (Å²) in [6, 6.07) is 0. The van der Waals surface area contributed by atoms with Gasteiger partial charge in [0.25, 0.3) is 17.6 Å². The van der Waals surface area contributed by atoms with Gasteiger partial charge in [0.2, 0.25) is 26.0 Å². The molecule has 0 radical (unpaired) electrons. The first-order chi connectivity index (χ1) is 20.5. The van der Waals surface area contributed by atoms with Crippen LogP contribution in [0, 0.1) is 0 Å². The Morgan fingerprint density at radius 3 is 2.25 bits per heavy atom. The van der Waals surface area contributed by atoms with E-state index in [1.165, 1.54) is 10.9 Å². The molecule has 6 N–H and O–H groups in total. The molecule has 1 aromatic heterocycles. The molecule has 1 aromatic rings. The molecule has 19 nitrogen and oxygen atoms in total. The van der Waals surface area contributed by atoms with Crippen molar-refractivity contribution in [3.8, 4) is 0 Å². The molecule has 5 atom stereocenters. The van der Waals surface area contributed by atoms with Gasteiger partial charge in [-0.15, -0.1) is 0 Å². The van der Waals surface area contributed by atoms with Gasteiger partial charge >= 0.3 is 20.1 Å². The van der Waals surface area contributed by atoms with Crippen molar-refractivity contribution in [3.05, 3.63) is 12.0 Å². The topological polar surface area (TPSA) is 245 Å². The van der Waals surface area contributed by atoms with E-state index in [0.717, 1.165) is 6.92 Å². The number of rotatable bonds is 14. The number of ether oxygens (including phenoxy) is 6. The van der Waals surface area contributed by atoms with Gasteiger partial charge in [0.15, 0.2) is 17.6 Å². The van der Waals surface area contributed by atoms with E-state index in [1.807, 2.05) is 0 Å². The molecule has 0 amide bonds. The lowest BCUT2D eigenvalue weighted by Crippen LogP contribution is -2.55. The normalized spacial score (nSPS) is 26.6. The fraction of sp³-hybridized carbons (Fsp3) is 0.739. The Kier molecular flexibility index (Phi) is 11.5. The number of carbonyl (C=O) groups excluding carboxylic acids is 2. The van der Waals surface area contributed by atoms with Crippen molar-refractivity contribution in [1.29, 1.82) is 0 Å². The van der Waals surface area contributed by atoms with Crippen molar-refractivity contribution in [2.24, 2.45) is 10.7 Å². The number of nitrogens with one attached hydrogen (secondary N) is 2. The number of nitrogens with zero attached hydrogens (tertiary/aromatic N) is 2. The molecule has 2 aliphatic rings. The Labute approximate surface area is 251 Å². The van der Waals surface area contributed by atoms with Gasteiger partial charge in [0, 0.05) is 6.61 Å². The number of aromatic nitrogens is 2. The van der Waals surface area contributed by atoms with E-state index < -0.39 is 82.5 Å². The molecule has 0 bridgehead atoms. The number of hydrogen-bond acceptors (Lipinski definition) is 17. The van der Waals surface area contributed by atoms with Gasteiger partial charge in [-0.1, -0.05) is 0 Å². The van der Waals surface area contributed by atoms with Crippen molar-refractivity contribution in [2.45, 2.75) is 83.8 Å². The summed E-state index contributed by atoms with van der Waals surface area (Å²) in [4.78, 5) is 30.3. The second-order valence-electron chi connectivity index (χ2n) is 10.1. The van der Waals surface area contributed by atoms with Crippen LogP contribution in [-0.4, -0.2) is 90.0 Å². The predicted octanol–water partition coefficient (Wildman–Crippen LogP) is 1.58. The van der Waals surface area contributed by atoms with Gasteiger partial charge < -0.3 is 44.4 Å². The number of nitrogens with two attached hydrogens (primary N) is 1. The molecule has 0 saturated carbocycles. The van der Waals surface area contributed by atoms with Crippen molar-refractivity contribution in [3.63, 3.8) is 0 Å². The third-order valence-corrected chi connectivity index (χ3v) is 7.12. The maximum atomic E-state index is 16.2. The van der Waals surface area contributed by atoms with Gasteiger partial charge in [0.1, 0.15) is 12.7 Å². The van der Waals surface area contributed by atoms with E-state index in [9.17, 15) is 24.4 Å². The van der Waals surface area contributed by atoms with Gasteiger partial charge in [0.05, 0.1) is 12.2 Å². The molecular formula is C23H38FN5O14P+. The number of hydrogen-bond donors (Lipinski definition) is 5. The third-order valence-electron chi connectivity index (χ3n) is 5.83. The first-order valence-electron chi connectivity index (χ1n) is 13.3. The Hall–Kier alpha value is -3.10. The SMILES string of the molecule is CCOC1N=C(N)Nc2c1[nH]c[n+]2C1OC(F)(COP(=O)(OCOC(=O)OC(C)C)OCOC(=O)OC(C)C)C(O)C1(C)O. The van der Waals surface area contributed by atoms with Crippen LogP contribution < -0.4 is 15.6 Å². The Bertz CT molecular complexity index is 1210. The number of halogens is 1. The molecule has 44 heavy (non-hydrogen) atoms. The summed E-state index contributed by atoms with van der Waals surface area (Å²) in [6.07, 6.45) is -6.99. The molecule has 21 heteroatoms. The summed E-state index contributed by atoms with van der Waals surface area (Å²) in [5.74, 6) is -3.10. The van der Waals surface area contributed by atoms with Crippen molar-refractivity contribution >= 4 is 31.9 Å². The molecule has 0 aromatic carbocycles. The highest BCUT2D eigenvalue weighted by atomic mass is 31.2. The monoisotopic (exact) mass is 658 g/mol. The first kappa shape index (κ1) is 35.4. The highest BCUT2D eigenvalue weighted by Crippen LogP contribution is 2.52. The number of H-pyrrole nitrogens is 1. The number of guanidine groups is 1. The number of alkyl halides is 1. The minimum atomic E-state index is -4.94. The number of anilines is 1. The van der Waals surface area contributed by atoms with Crippen LogP contribution in [0.5, 0.6) is 0 Å². The van der Waals surface area contributed by atoms with E-state index in [4.69, 9.17) is 38.3 Å². The third kappa shape index (κ3) is 8.54. The molecular weight excluding hydrogens is 620 g/mol. The average molecular weight is 659 g/mol. The van der Waals surface area contributed by atoms with Gasteiger partial charge in [-0.25, -0.2) is 37.5 Å². The fourth-order valence-electron chi connectivity index (χ4n) is 3.94. The van der Waals surface area contributed by atoms with Crippen LogP contribution in [0.15, 0.2) is 11.3 Å². The second-order valence-corrected chi connectivity index (χ2v) is 11.8. The average Bonchev–Trinajstić information content (AvgIpc) is 3.39. The molecule has 250 valence electrons. The largest absolute Gasteiger partial charge is 0.510 e. The summed E-state index contributed by atoms with van der Waals surface area (Å²) >= 11 is 0. The highest BCUT2D eigenvalue weighted by molar-refractivity contribution is 7.48. The standard InChI is InChI=1S/C23H37FN5O14P/c1-7-35-16-14-15(27-19(25)28-16)29(9-26-14)18-22(6,33)17(30)23(24,43-18)8-38-44(34,39-10-36-20(31)41-12(2)3)40-11-37-21(32)42-13(4)5/h9,12-13,16-18,30,33H,7-8,10-11H2,1-6H3,(H3,25,27,28)/p+1. The van der Waals surface area contributed by atoms with E-state index in [2.05, 4.69) is 24.8 Å². The minimum Gasteiger partial charge on any atom is -0.432 e. The van der Waals surface area contributed by atoms with E-state index in [0.29, 0.717) is 5.69 Å². The predicted molar refractivity (Wildman–Crippen MR) is 142 cm³/mol. The lowest BCUT2D eigenvalue weighted by Gasteiger charge is -2.27. The van der Waals surface area contributed by atoms with Crippen molar-refractivity contribution in [2.75, 3.05) is 32.1 Å². The highest BCUT2D eigenvalue weighted by Gasteiger charge is 2.65. The first-order valence-corrected chi connectivity index (χ1v) is 14.8. The molecule has 5 unspecified atom stereocenters. The second kappa shape index (κ2) is 14.3. The van der Waals surface area contributed by atoms with E-state index >= 15 is 4.39 Å². The lowest BCUT2D eigenvalue weighted by atomic mass is 9.95. The number of aliphatic hydroxyl groups is 2. The number of aromatic amines is 1. The molecule has 1 fully saturated rings. The lowest BCUT2D eigenvalue weighted by molar-refractivity contribution is -0.762. The smallest absolute Gasteiger partial charge is 0.432 e. The number of aliphatic hydroxyl groups excluding tert-OH is 1. The molecule has 3 heterocycles. The van der Waals surface area contributed by atoms with Crippen LogP contribution in [0.4, 0.5) is 19.8 Å². The zero-order chi connectivity index (χ0) is 32.9. The summed E-state index contributed by atoms with van der Waals surface area (Å²) < 4.78 is 75.2. The zero-order valence-corrected chi connectivity index (χ0v) is 25.8. The quantitative estimate of drug-likeness (QED) is 0.0824. The van der Waals surface area contributed by atoms with Crippen LogP contribution in [0.1, 0.15) is 59.7 Å². The summed E-state index contributed by atoms with van der Waals surface area (Å²) in [5.41, 5.74) is 3.89. The minimum absolute atomic E-state index is 0.0495. The van der Waals surface area contributed by atoms with Gasteiger partial charge in [-0.05, 0) is 41.5 Å². The zero-order valence-electron chi connectivity index (χ0n) is 24.9. The van der Waals surface area contributed by atoms with Gasteiger partial charge in [-0.3, -0.25) is 9.51 Å². The number of aliphatic imine (C=N–C) groups is 1. The maximum absolute atomic E-state index is 16.2. The van der Waals surface area contributed by atoms with Gasteiger partial charge in [-0.2, -0.15) is 4.99 Å².